The summed E-state index contributed by atoms with van der Waals surface area (Å²) in [7, 11) is 0. The average Bonchev–Trinajstić information content (AvgIpc) is 2.38. The third kappa shape index (κ3) is 3.55. The van der Waals surface area contributed by atoms with Crippen LogP contribution in [0.5, 0.6) is 0 Å². The minimum Gasteiger partial charge on any atom is -0.772 e. The Morgan fingerprint density at radius 2 is 2.10 bits per heavy atom. The number of rotatable bonds is 3. The van der Waals surface area contributed by atoms with Gasteiger partial charge in [-0.1, -0.05) is 23.2 Å². The highest BCUT2D eigenvalue weighted by Crippen LogP contribution is 2.34. The summed E-state index contributed by atoms with van der Waals surface area (Å²) < 4.78 is 34.5. The van der Waals surface area contributed by atoms with E-state index in [1.807, 2.05) is 0 Å². The standard InChI is InChI=1S/C13H16FNO4S/c14-11-3-1-10(2-4-11)12-7-9(8-20(18)19)5-6-15(12)13(16)17/h1-4,9,12H,5-8H2,(H,16,17)(H,18,19)/p-1. The molecule has 7 heteroatoms. The average molecular weight is 300 g/mol. The predicted molar refractivity (Wildman–Crippen MR) is 70.4 cm³/mol. The molecule has 3 atom stereocenters. The van der Waals surface area contributed by atoms with Crippen molar-refractivity contribution in [2.75, 3.05) is 12.3 Å². The van der Waals surface area contributed by atoms with E-state index in [0.29, 0.717) is 24.9 Å². The van der Waals surface area contributed by atoms with E-state index < -0.39 is 23.2 Å². The van der Waals surface area contributed by atoms with Crippen molar-refractivity contribution in [3.05, 3.63) is 35.6 Å². The Labute approximate surface area is 118 Å². The van der Waals surface area contributed by atoms with Gasteiger partial charge in [-0.15, -0.1) is 0 Å². The molecule has 110 valence electrons. The summed E-state index contributed by atoms with van der Waals surface area (Å²) in [4.78, 5) is 12.6. The third-order valence-corrected chi connectivity index (χ3v) is 4.33. The Morgan fingerprint density at radius 3 is 2.65 bits per heavy atom. The largest absolute Gasteiger partial charge is 0.772 e. The van der Waals surface area contributed by atoms with Crippen molar-refractivity contribution in [3.8, 4) is 0 Å². The number of hydrogen-bond donors (Lipinski definition) is 1. The summed E-state index contributed by atoms with van der Waals surface area (Å²) in [5.74, 6) is -0.423. The first-order valence-corrected chi connectivity index (χ1v) is 7.52. The number of carboxylic acid groups (broad SMARTS) is 1. The van der Waals surface area contributed by atoms with Crippen molar-refractivity contribution in [1.29, 1.82) is 0 Å². The molecule has 1 saturated heterocycles. The van der Waals surface area contributed by atoms with Gasteiger partial charge in [-0.05, 0) is 36.5 Å². The summed E-state index contributed by atoms with van der Waals surface area (Å²) in [5.41, 5.74) is 0.690. The van der Waals surface area contributed by atoms with E-state index in [1.165, 1.54) is 17.0 Å². The SMILES string of the molecule is O=C(O)N1CCC(CS(=O)[O-])CC1c1ccc(F)cc1. The number of hydrogen-bond acceptors (Lipinski definition) is 3. The summed E-state index contributed by atoms with van der Waals surface area (Å²) >= 11 is -2.14. The summed E-state index contributed by atoms with van der Waals surface area (Å²) in [5, 5.41) is 9.22. The zero-order chi connectivity index (χ0) is 14.7. The van der Waals surface area contributed by atoms with Gasteiger partial charge in [-0.3, -0.25) is 4.21 Å². The number of likely N-dealkylation sites (tertiary alicyclic amines) is 1. The van der Waals surface area contributed by atoms with Crippen LogP contribution in [0.1, 0.15) is 24.4 Å². The Balaban J connectivity index is 2.20. The highest BCUT2D eigenvalue weighted by Gasteiger charge is 2.32. The lowest BCUT2D eigenvalue weighted by Gasteiger charge is -2.38. The predicted octanol–water partition coefficient (Wildman–Crippen LogP) is 2.14. The molecule has 1 heterocycles. The van der Waals surface area contributed by atoms with Crippen molar-refractivity contribution < 1.29 is 23.1 Å². The first kappa shape index (κ1) is 14.9. The minimum absolute atomic E-state index is 0.0329. The van der Waals surface area contributed by atoms with Gasteiger partial charge in [0.05, 0.1) is 6.04 Å². The van der Waals surface area contributed by atoms with Crippen molar-refractivity contribution in [3.63, 3.8) is 0 Å². The molecule has 1 N–H and O–H groups in total. The van der Waals surface area contributed by atoms with E-state index in [-0.39, 0.29) is 17.5 Å². The number of carbonyl (C=O) groups is 1. The Morgan fingerprint density at radius 1 is 1.45 bits per heavy atom. The fraction of sp³-hybridized carbons (Fsp3) is 0.462. The summed E-state index contributed by atoms with van der Waals surface area (Å²) in [6, 6.07) is 5.24. The van der Waals surface area contributed by atoms with Crippen LogP contribution < -0.4 is 0 Å². The maximum atomic E-state index is 12.9. The van der Waals surface area contributed by atoms with Gasteiger partial charge in [0.2, 0.25) is 0 Å². The molecule has 1 fully saturated rings. The third-order valence-electron chi connectivity index (χ3n) is 3.58. The van der Waals surface area contributed by atoms with Gasteiger partial charge in [0.15, 0.2) is 0 Å². The molecule has 3 unspecified atom stereocenters. The molecule has 1 aliphatic rings. The number of benzene rings is 1. The molecule has 0 spiro atoms. The molecule has 20 heavy (non-hydrogen) atoms. The van der Waals surface area contributed by atoms with Gasteiger partial charge in [0.1, 0.15) is 5.82 Å². The second-order valence-corrected chi connectivity index (χ2v) is 5.84. The number of piperidine rings is 1. The second-order valence-electron chi connectivity index (χ2n) is 4.90. The van der Waals surface area contributed by atoms with Gasteiger partial charge >= 0.3 is 6.09 Å². The van der Waals surface area contributed by atoms with Crippen LogP contribution in [0.2, 0.25) is 0 Å². The molecule has 0 aliphatic carbocycles. The lowest BCUT2D eigenvalue weighted by molar-refractivity contribution is 0.0931. The van der Waals surface area contributed by atoms with E-state index in [0.717, 1.165) is 0 Å². The molecule has 0 radical (unpaired) electrons. The topological polar surface area (TPSA) is 80.7 Å². The number of amides is 1. The van der Waals surface area contributed by atoms with E-state index in [1.54, 1.807) is 12.1 Å². The zero-order valence-electron chi connectivity index (χ0n) is 10.7. The minimum atomic E-state index is -2.14. The van der Waals surface area contributed by atoms with E-state index in [2.05, 4.69) is 0 Å². The molecule has 1 aromatic carbocycles. The smallest absolute Gasteiger partial charge is 0.407 e. The van der Waals surface area contributed by atoms with Crippen molar-refractivity contribution in [1.82, 2.24) is 4.90 Å². The molecular formula is C13H15FNO4S-. The van der Waals surface area contributed by atoms with Crippen LogP contribution in [0, 0.1) is 11.7 Å². The van der Waals surface area contributed by atoms with E-state index in [4.69, 9.17) is 0 Å². The molecule has 0 saturated carbocycles. The number of nitrogens with zero attached hydrogens (tertiary/aromatic N) is 1. The monoisotopic (exact) mass is 300 g/mol. The normalized spacial score (nSPS) is 24.4. The van der Waals surface area contributed by atoms with Gasteiger partial charge in [0, 0.05) is 12.3 Å². The van der Waals surface area contributed by atoms with Crippen molar-refractivity contribution in [2.24, 2.45) is 5.92 Å². The molecule has 2 rings (SSSR count). The Bertz CT molecular complexity index is 508. The molecule has 0 aromatic heterocycles. The Hall–Kier alpha value is -1.47. The molecule has 1 aliphatic heterocycles. The van der Waals surface area contributed by atoms with E-state index in [9.17, 15) is 23.1 Å². The van der Waals surface area contributed by atoms with E-state index >= 15 is 0 Å². The van der Waals surface area contributed by atoms with Gasteiger partial charge in [-0.25, -0.2) is 9.18 Å². The second kappa shape index (κ2) is 6.32. The first-order valence-electron chi connectivity index (χ1n) is 6.28. The van der Waals surface area contributed by atoms with Crippen LogP contribution in [0.15, 0.2) is 24.3 Å². The van der Waals surface area contributed by atoms with Gasteiger partial charge in [0.25, 0.3) is 0 Å². The fourth-order valence-corrected chi connectivity index (χ4v) is 3.30. The van der Waals surface area contributed by atoms with Crippen molar-refractivity contribution >= 4 is 17.2 Å². The summed E-state index contributed by atoms with van der Waals surface area (Å²) in [6.45, 7) is 0.291. The lowest BCUT2D eigenvalue weighted by atomic mass is 9.88. The van der Waals surface area contributed by atoms with Crippen LogP contribution in [0.3, 0.4) is 0 Å². The van der Waals surface area contributed by atoms with Crippen LogP contribution in [-0.2, 0) is 11.1 Å². The molecule has 5 nitrogen and oxygen atoms in total. The highest BCUT2D eigenvalue weighted by atomic mass is 32.2. The molecule has 0 bridgehead atoms. The number of halogens is 1. The summed E-state index contributed by atoms with van der Waals surface area (Å²) in [6.07, 6.45) is -0.0785. The van der Waals surface area contributed by atoms with Gasteiger partial charge in [-0.2, -0.15) is 0 Å². The fourth-order valence-electron chi connectivity index (χ4n) is 2.61. The highest BCUT2D eigenvalue weighted by molar-refractivity contribution is 7.79. The Kier molecular flexibility index (Phi) is 4.72. The maximum Gasteiger partial charge on any atom is 0.407 e. The molecule has 1 amide bonds. The van der Waals surface area contributed by atoms with Gasteiger partial charge < -0.3 is 14.6 Å². The molecule has 1 aromatic rings. The quantitative estimate of drug-likeness (QED) is 0.867. The maximum absolute atomic E-state index is 12.9. The van der Waals surface area contributed by atoms with Crippen LogP contribution in [0.4, 0.5) is 9.18 Å². The van der Waals surface area contributed by atoms with Crippen LogP contribution in [-0.4, -0.2) is 37.2 Å². The molecular weight excluding hydrogens is 285 g/mol. The van der Waals surface area contributed by atoms with Crippen molar-refractivity contribution in [2.45, 2.75) is 18.9 Å². The lowest BCUT2D eigenvalue weighted by Crippen LogP contribution is -2.41. The van der Waals surface area contributed by atoms with Crippen LogP contribution in [0.25, 0.3) is 0 Å². The zero-order valence-corrected chi connectivity index (χ0v) is 11.5. The first-order chi connectivity index (χ1) is 9.47. The van der Waals surface area contributed by atoms with Crippen LogP contribution >= 0.6 is 0 Å².